The van der Waals surface area contributed by atoms with Crippen molar-refractivity contribution in [1.82, 2.24) is 10.2 Å². The summed E-state index contributed by atoms with van der Waals surface area (Å²) in [6.45, 7) is 0. The molecule has 0 saturated heterocycles. The molecule has 4 nitrogen and oxygen atoms in total. The topological polar surface area (TPSA) is 57.8 Å². The number of hydrogen-bond donors (Lipinski definition) is 2. The third-order valence-electron chi connectivity index (χ3n) is 2.03. The van der Waals surface area contributed by atoms with Crippen molar-refractivity contribution in [2.45, 2.75) is 6.18 Å². The molecule has 1 heterocycles. The lowest BCUT2D eigenvalue weighted by Crippen LogP contribution is -2.30. The van der Waals surface area contributed by atoms with Crippen LogP contribution in [0.25, 0.3) is 10.9 Å². The Kier molecular flexibility index (Phi) is 2.49. The standard InChI is InChI=1S/C9H5F4N3O/c10-4-2-1-3-5-6(4)7(16-15-5)14-8(17)9(11,12)13/h1-3H,(H2,14,15,16,17). The van der Waals surface area contributed by atoms with Gasteiger partial charge in [-0.1, -0.05) is 6.07 Å². The summed E-state index contributed by atoms with van der Waals surface area (Å²) in [6.07, 6.45) is -5.05. The van der Waals surface area contributed by atoms with Crippen molar-refractivity contribution in [2.24, 2.45) is 0 Å². The second kappa shape index (κ2) is 3.72. The predicted molar refractivity (Wildman–Crippen MR) is 50.7 cm³/mol. The molecule has 0 bridgehead atoms. The van der Waals surface area contributed by atoms with E-state index >= 15 is 0 Å². The van der Waals surface area contributed by atoms with Crippen molar-refractivity contribution in [3.05, 3.63) is 24.0 Å². The Morgan fingerprint density at radius 3 is 2.71 bits per heavy atom. The molecule has 0 radical (unpaired) electrons. The van der Waals surface area contributed by atoms with E-state index in [9.17, 15) is 22.4 Å². The number of aromatic amines is 1. The quantitative estimate of drug-likeness (QED) is 0.759. The Morgan fingerprint density at radius 1 is 1.35 bits per heavy atom. The lowest BCUT2D eigenvalue weighted by Gasteiger charge is -2.05. The Labute approximate surface area is 91.6 Å². The molecular weight excluding hydrogens is 242 g/mol. The van der Waals surface area contributed by atoms with Gasteiger partial charge in [0.25, 0.3) is 0 Å². The summed E-state index contributed by atoms with van der Waals surface area (Å²) >= 11 is 0. The number of fused-ring (bicyclic) bond motifs is 1. The van der Waals surface area contributed by atoms with Crippen LogP contribution >= 0.6 is 0 Å². The van der Waals surface area contributed by atoms with E-state index in [0.29, 0.717) is 0 Å². The fraction of sp³-hybridized carbons (Fsp3) is 0.111. The molecule has 1 aromatic carbocycles. The van der Waals surface area contributed by atoms with E-state index in [1.165, 1.54) is 17.4 Å². The van der Waals surface area contributed by atoms with Crippen molar-refractivity contribution in [3.63, 3.8) is 0 Å². The van der Waals surface area contributed by atoms with E-state index in [2.05, 4.69) is 10.2 Å². The van der Waals surface area contributed by atoms with Crippen LogP contribution in [0, 0.1) is 5.82 Å². The summed E-state index contributed by atoms with van der Waals surface area (Å²) in [7, 11) is 0. The Morgan fingerprint density at radius 2 is 2.06 bits per heavy atom. The summed E-state index contributed by atoms with van der Waals surface area (Å²) < 4.78 is 49.3. The maximum absolute atomic E-state index is 13.3. The number of carbonyl (C=O) groups excluding carboxylic acids is 1. The number of aromatic nitrogens is 2. The highest BCUT2D eigenvalue weighted by Crippen LogP contribution is 2.25. The van der Waals surface area contributed by atoms with Crippen LogP contribution in [0.3, 0.4) is 0 Å². The summed E-state index contributed by atoms with van der Waals surface area (Å²) in [5.74, 6) is -3.46. The Bertz CT molecular complexity index is 575. The van der Waals surface area contributed by atoms with Crippen LogP contribution in [0.2, 0.25) is 0 Å². The molecule has 2 rings (SSSR count). The van der Waals surface area contributed by atoms with Crippen LogP contribution in [0.4, 0.5) is 23.4 Å². The van der Waals surface area contributed by atoms with E-state index in [0.717, 1.165) is 6.07 Å². The molecule has 0 atom stereocenters. The first-order chi connectivity index (χ1) is 7.89. The van der Waals surface area contributed by atoms with Gasteiger partial charge in [0.15, 0.2) is 5.82 Å². The number of amides is 1. The molecule has 0 unspecified atom stereocenters. The number of anilines is 1. The highest BCUT2D eigenvalue weighted by molar-refractivity contribution is 6.01. The average Bonchev–Trinajstić information content (AvgIpc) is 2.61. The molecule has 0 saturated carbocycles. The lowest BCUT2D eigenvalue weighted by molar-refractivity contribution is -0.167. The number of benzene rings is 1. The normalized spacial score (nSPS) is 11.8. The fourth-order valence-electron chi connectivity index (χ4n) is 1.30. The molecule has 0 aliphatic carbocycles. The minimum Gasteiger partial charge on any atom is -0.301 e. The van der Waals surface area contributed by atoms with E-state index in [-0.39, 0.29) is 10.9 Å². The van der Waals surface area contributed by atoms with Gasteiger partial charge in [-0.3, -0.25) is 9.89 Å². The molecule has 90 valence electrons. The van der Waals surface area contributed by atoms with Gasteiger partial charge in [-0.15, -0.1) is 0 Å². The minimum absolute atomic E-state index is 0.190. The fourth-order valence-corrected chi connectivity index (χ4v) is 1.30. The first-order valence-corrected chi connectivity index (χ1v) is 4.40. The maximum atomic E-state index is 13.3. The Hall–Kier alpha value is -2.12. The average molecular weight is 247 g/mol. The van der Waals surface area contributed by atoms with E-state index in [4.69, 9.17) is 0 Å². The molecule has 0 spiro atoms. The van der Waals surface area contributed by atoms with Gasteiger partial charge in [0.05, 0.1) is 10.9 Å². The van der Waals surface area contributed by atoms with Crippen molar-refractivity contribution in [2.75, 3.05) is 5.32 Å². The smallest absolute Gasteiger partial charge is 0.301 e. The first kappa shape index (κ1) is 11.4. The van der Waals surface area contributed by atoms with Gasteiger partial charge in [0, 0.05) is 0 Å². The second-order valence-electron chi connectivity index (χ2n) is 3.19. The van der Waals surface area contributed by atoms with Crippen molar-refractivity contribution in [3.8, 4) is 0 Å². The van der Waals surface area contributed by atoms with Crippen LogP contribution in [-0.2, 0) is 4.79 Å². The van der Waals surface area contributed by atoms with Crippen LogP contribution in [0.15, 0.2) is 18.2 Å². The zero-order valence-electron chi connectivity index (χ0n) is 8.10. The van der Waals surface area contributed by atoms with Crippen LogP contribution in [0.5, 0.6) is 0 Å². The van der Waals surface area contributed by atoms with Gasteiger partial charge in [0.1, 0.15) is 5.82 Å². The predicted octanol–water partition coefficient (Wildman–Crippen LogP) is 2.20. The third-order valence-corrected chi connectivity index (χ3v) is 2.03. The number of carbonyl (C=O) groups is 1. The van der Waals surface area contributed by atoms with Gasteiger partial charge in [-0.25, -0.2) is 4.39 Å². The molecule has 0 aliphatic heterocycles. The molecule has 0 fully saturated rings. The largest absolute Gasteiger partial charge is 0.471 e. The second-order valence-corrected chi connectivity index (χ2v) is 3.19. The van der Waals surface area contributed by atoms with Gasteiger partial charge >= 0.3 is 12.1 Å². The van der Waals surface area contributed by atoms with E-state index in [1.54, 1.807) is 0 Å². The summed E-state index contributed by atoms with van der Waals surface area (Å²) in [5.41, 5.74) is 0.197. The molecule has 8 heteroatoms. The highest BCUT2D eigenvalue weighted by atomic mass is 19.4. The van der Waals surface area contributed by atoms with Gasteiger partial charge < -0.3 is 5.32 Å². The first-order valence-electron chi connectivity index (χ1n) is 4.40. The van der Waals surface area contributed by atoms with Gasteiger partial charge in [-0.05, 0) is 12.1 Å². The summed E-state index contributed by atoms with van der Waals surface area (Å²) in [4.78, 5) is 10.7. The molecular formula is C9H5F4N3O. The summed E-state index contributed by atoms with van der Waals surface area (Å²) in [5, 5.41) is 7.04. The van der Waals surface area contributed by atoms with E-state index < -0.39 is 23.7 Å². The van der Waals surface area contributed by atoms with Gasteiger partial charge in [0.2, 0.25) is 0 Å². The number of alkyl halides is 3. The number of hydrogen-bond acceptors (Lipinski definition) is 2. The SMILES string of the molecule is O=C(Nc1n[nH]c2cccc(F)c12)C(F)(F)F. The lowest BCUT2D eigenvalue weighted by atomic mass is 10.2. The molecule has 2 aromatic rings. The molecule has 2 N–H and O–H groups in total. The summed E-state index contributed by atoms with van der Waals surface area (Å²) in [6, 6.07) is 3.85. The zero-order chi connectivity index (χ0) is 12.6. The number of H-pyrrole nitrogens is 1. The zero-order valence-corrected chi connectivity index (χ0v) is 8.10. The molecule has 17 heavy (non-hydrogen) atoms. The van der Waals surface area contributed by atoms with Crippen LogP contribution in [-0.4, -0.2) is 22.3 Å². The molecule has 1 aromatic heterocycles. The van der Waals surface area contributed by atoms with Gasteiger partial charge in [-0.2, -0.15) is 18.3 Å². The minimum atomic E-state index is -5.05. The van der Waals surface area contributed by atoms with Crippen LogP contribution in [0.1, 0.15) is 0 Å². The van der Waals surface area contributed by atoms with E-state index in [1.807, 2.05) is 0 Å². The number of nitrogens with zero attached hydrogens (tertiary/aromatic N) is 1. The Balaban J connectivity index is 2.41. The van der Waals surface area contributed by atoms with Crippen molar-refractivity contribution in [1.29, 1.82) is 0 Å². The maximum Gasteiger partial charge on any atom is 0.471 e. The molecule has 1 amide bonds. The monoisotopic (exact) mass is 247 g/mol. The van der Waals surface area contributed by atoms with Crippen molar-refractivity contribution < 1.29 is 22.4 Å². The van der Waals surface area contributed by atoms with Crippen LogP contribution < -0.4 is 5.32 Å². The third kappa shape index (κ3) is 2.05. The molecule has 0 aliphatic rings. The number of nitrogens with one attached hydrogen (secondary N) is 2. The van der Waals surface area contributed by atoms with Crippen molar-refractivity contribution >= 4 is 22.6 Å². The number of halogens is 4. The highest BCUT2D eigenvalue weighted by Gasteiger charge is 2.39. The number of rotatable bonds is 1.